The fourth-order valence-corrected chi connectivity index (χ4v) is 3.69. The molecule has 19 heavy (non-hydrogen) atoms. The summed E-state index contributed by atoms with van der Waals surface area (Å²) < 4.78 is 40.2. The lowest BCUT2D eigenvalue weighted by atomic mass is 9.78. The number of hydrogen-bond donors (Lipinski definition) is 2. The second kappa shape index (κ2) is 4.89. The van der Waals surface area contributed by atoms with Crippen molar-refractivity contribution in [2.24, 2.45) is 0 Å². The monoisotopic (exact) mass is 284 g/mol. The molecule has 1 saturated carbocycles. The van der Waals surface area contributed by atoms with Crippen molar-refractivity contribution in [3.8, 4) is 6.07 Å². The molecule has 0 atom stereocenters. The topological polar surface area (TPSA) is 90.2 Å². The first kappa shape index (κ1) is 13.9. The van der Waals surface area contributed by atoms with Gasteiger partial charge in [0.15, 0.2) is 0 Å². The Hall–Kier alpha value is -1.49. The first-order chi connectivity index (χ1) is 8.94. The van der Waals surface area contributed by atoms with E-state index in [9.17, 15) is 17.9 Å². The number of aliphatic hydroxyl groups excluding tert-OH is 1. The first-order valence-corrected chi connectivity index (χ1v) is 7.26. The number of aliphatic hydroxyl groups is 1. The SMILES string of the molecule is N#Cc1c(F)cccc1S(=O)(=O)NC1(CO)CCC1. The van der Waals surface area contributed by atoms with Gasteiger partial charge in [0, 0.05) is 0 Å². The van der Waals surface area contributed by atoms with Gasteiger partial charge >= 0.3 is 0 Å². The van der Waals surface area contributed by atoms with Crippen LogP contribution in [0.5, 0.6) is 0 Å². The minimum atomic E-state index is -4.03. The summed E-state index contributed by atoms with van der Waals surface area (Å²) in [4.78, 5) is -0.394. The molecule has 0 radical (unpaired) electrons. The van der Waals surface area contributed by atoms with Crippen LogP contribution in [-0.2, 0) is 10.0 Å². The van der Waals surface area contributed by atoms with Gasteiger partial charge in [-0.15, -0.1) is 0 Å². The maximum Gasteiger partial charge on any atom is 0.242 e. The van der Waals surface area contributed by atoms with Crippen LogP contribution in [0.2, 0.25) is 0 Å². The quantitative estimate of drug-likeness (QED) is 0.859. The first-order valence-electron chi connectivity index (χ1n) is 5.78. The summed E-state index contributed by atoms with van der Waals surface area (Å²) in [5, 5.41) is 18.1. The molecule has 2 N–H and O–H groups in total. The summed E-state index contributed by atoms with van der Waals surface area (Å²) in [5.41, 5.74) is -1.39. The minimum absolute atomic E-state index is 0.316. The zero-order chi connectivity index (χ0) is 14.1. The number of hydrogen-bond acceptors (Lipinski definition) is 4. The summed E-state index contributed by atoms with van der Waals surface area (Å²) in [7, 11) is -4.03. The molecule has 1 aliphatic carbocycles. The highest BCUT2D eigenvalue weighted by Crippen LogP contribution is 2.33. The summed E-state index contributed by atoms with van der Waals surface area (Å²) in [6, 6.07) is 4.99. The highest BCUT2D eigenvalue weighted by molar-refractivity contribution is 7.89. The lowest BCUT2D eigenvalue weighted by Crippen LogP contribution is -2.56. The molecule has 0 spiro atoms. The normalized spacial score (nSPS) is 17.5. The molecule has 0 bridgehead atoms. The van der Waals surface area contributed by atoms with E-state index in [2.05, 4.69) is 4.72 Å². The van der Waals surface area contributed by atoms with Crippen molar-refractivity contribution in [1.29, 1.82) is 5.26 Å². The van der Waals surface area contributed by atoms with Gasteiger partial charge in [0.05, 0.1) is 12.1 Å². The molecule has 0 unspecified atom stereocenters. The molecule has 7 heteroatoms. The van der Waals surface area contributed by atoms with Crippen molar-refractivity contribution < 1.29 is 17.9 Å². The fraction of sp³-hybridized carbons (Fsp3) is 0.417. The third-order valence-corrected chi connectivity index (χ3v) is 4.96. The van der Waals surface area contributed by atoms with E-state index in [1.807, 2.05) is 0 Å². The van der Waals surface area contributed by atoms with Gasteiger partial charge in [-0.05, 0) is 31.4 Å². The van der Waals surface area contributed by atoms with Crippen LogP contribution in [0.4, 0.5) is 4.39 Å². The summed E-state index contributed by atoms with van der Waals surface area (Å²) >= 11 is 0. The Morgan fingerprint density at radius 2 is 2.16 bits per heavy atom. The largest absolute Gasteiger partial charge is 0.394 e. The van der Waals surface area contributed by atoms with E-state index >= 15 is 0 Å². The van der Waals surface area contributed by atoms with Crippen molar-refractivity contribution in [1.82, 2.24) is 4.72 Å². The van der Waals surface area contributed by atoms with E-state index in [0.29, 0.717) is 12.8 Å². The summed E-state index contributed by atoms with van der Waals surface area (Å²) in [5.74, 6) is -0.878. The average Bonchev–Trinajstić information content (AvgIpc) is 2.33. The van der Waals surface area contributed by atoms with E-state index in [0.717, 1.165) is 12.5 Å². The second-order valence-electron chi connectivity index (χ2n) is 4.62. The Morgan fingerprint density at radius 1 is 1.47 bits per heavy atom. The summed E-state index contributed by atoms with van der Waals surface area (Å²) in [6.45, 7) is -0.316. The molecule has 0 heterocycles. The van der Waals surface area contributed by atoms with Gasteiger partial charge in [0.1, 0.15) is 22.3 Å². The fourth-order valence-electron chi connectivity index (χ4n) is 2.07. The molecular formula is C12H13FN2O3S. The molecule has 0 aliphatic heterocycles. The smallest absolute Gasteiger partial charge is 0.242 e. The average molecular weight is 284 g/mol. The highest BCUT2D eigenvalue weighted by Gasteiger charge is 2.40. The lowest BCUT2D eigenvalue weighted by molar-refractivity contribution is 0.110. The van der Waals surface area contributed by atoms with Gasteiger partial charge in [-0.3, -0.25) is 0 Å². The standard InChI is InChI=1S/C12H13FN2O3S/c13-10-3-1-4-11(9(10)7-14)19(17,18)15-12(8-16)5-2-6-12/h1,3-4,15-16H,2,5-6,8H2. The molecule has 0 saturated heterocycles. The van der Waals surface area contributed by atoms with E-state index in [-0.39, 0.29) is 6.61 Å². The van der Waals surface area contributed by atoms with Crippen molar-refractivity contribution in [2.75, 3.05) is 6.61 Å². The maximum absolute atomic E-state index is 13.4. The Labute approximate surface area is 110 Å². The van der Waals surface area contributed by atoms with Crippen LogP contribution in [0.25, 0.3) is 0 Å². The summed E-state index contributed by atoms with van der Waals surface area (Å²) in [6.07, 6.45) is 1.87. The van der Waals surface area contributed by atoms with Crippen LogP contribution in [0.1, 0.15) is 24.8 Å². The molecule has 5 nitrogen and oxygen atoms in total. The van der Waals surface area contributed by atoms with Crippen molar-refractivity contribution in [2.45, 2.75) is 29.7 Å². The van der Waals surface area contributed by atoms with Crippen LogP contribution in [-0.4, -0.2) is 25.7 Å². The molecule has 2 rings (SSSR count). The minimum Gasteiger partial charge on any atom is -0.394 e. The van der Waals surface area contributed by atoms with Gasteiger partial charge in [-0.25, -0.2) is 17.5 Å². The molecule has 102 valence electrons. The van der Waals surface area contributed by atoms with E-state index in [1.54, 1.807) is 6.07 Å². The molecule has 1 aliphatic rings. The van der Waals surface area contributed by atoms with Gasteiger partial charge in [0.25, 0.3) is 0 Å². The highest BCUT2D eigenvalue weighted by atomic mass is 32.2. The van der Waals surface area contributed by atoms with Gasteiger partial charge in [-0.2, -0.15) is 5.26 Å². The predicted octanol–water partition coefficient (Wildman–Crippen LogP) is 0.891. The molecule has 1 aromatic carbocycles. The van der Waals surface area contributed by atoms with Gasteiger partial charge in [-0.1, -0.05) is 6.07 Å². The number of nitrogens with zero attached hydrogens (tertiary/aromatic N) is 1. The van der Waals surface area contributed by atoms with E-state index in [4.69, 9.17) is 5.26 Å². The number of halogens is 1. The second-order valence-corrected chi connectivity index (χ2v) is 6.27. The van der Waals surface area contributed by atoms with E-state index in [1.165, 1.54) is 12.1 Å². The van der Waals surface area contributed by atoms with Crippen LogP contribution in [0, 0.1) is 17.1 Å². The van der Waals surface area contributed by atoms with Crippen molar-refractivity contribution in [3.05, 3.63) is 29.6 Å². The van der Waals surface area contributed by atoms with Crippen LogP contribution in [0.15, 0.2) is 23.1 Å². The number of nitriles is 1. The van der Waals surface area contributed by atoms with Gasteiger partial charge in [0.2, 0.25) is 10.0 Å². The van der Waals surface area contributed by atoms with Crippen molar-refractivity contribution in [3.63, 3.8) is 0 Å². The molecule has 0 amide bonds. The Bertz CT molecular complexity index is 627. The molecule has 1 fully saturated rings. The Kier molecular flexibility index (Phi) is 3.58. The number of benzene rings is 1. The predicted molar refractivity (Wildman–Crippen MR) is 65.1 cm³/mol. The van der Waals surface area contributed by atoms with Gasteiger partial charge < -0.3 is 5.11 Å². The third-order valence-electron chi connectivity index (χ3n) is 3.34. The number of nitrogens with one attached hydrogen (secondary N) is 1. The van der Waals surface area contributed by atoms with E-state index < -0.39 is 31.8 Å². The zero-order valence-electron chi connectivity index (χ0n) is 10.1. The number of rotatable bonds is 4. The lowest BCUT2D eigenvalue weighted by Gasteiger charge is -2.40. The number of sulfonamides is 1. The van der Waals surface area contributed by atoms with Crippen LogP contribution >= 0.6 is 0 Å². The maximum atomic E-state index is 13.4. The zero-order valence-corrected chi connectivity index (χ0v) is 10.9. The Balaban J connectivity index is 2.41. The van der Waals surface area contributed by atoms with Crippen LogP contribution in [0.3, 0.4) is 0 Å². The molecule has 0 aromatic heterocycles. The van der Waals surface area contributed by atoms with Crippen molar-refractivity contribution >= 4 is 10.0 Å². The molecule has 1 aromatic rings. The van der Waals surface area contributed by atoms with Crippen LogP contribution < -0.4 is 4.72 Å². The third kappa shape index (κ3) is 2.47. The molecular weight excluding hydrogens is 271 g/mol. The Morgan fingerprint density at radius 3 is 2.63 bits per heavy atom.